The van der Waals surface area contributed by atoms with Gasteiger partial charge in [0, 0.05) is 50.2 Å². The average Bonchev–Trinajstić information content (AvgIpc) is 3.16. The number of carbonyl (C=O) groups excluding carboxylic acids is 2. The van der Waals surface area contributed by atoms with Crippen LogP contribution in [0.4, 0.5) is 13.2 Å². The predicted octanol–water partition coefficient (Wildman–Crippen LogP) is 3.84. The number of hydrogen-bond acceptors (Lipinski definition) is 3. The Morgan fingerprint density at radius 1 is 1.03 bits per heavy atom. The highest BCUT2D eigenvalue weighted by atomic mass is 19.4. The van der Waals surface area contributed by atoms with Gasteiger partial charge in [-0.15, -0.1) is 0 Å². The molecule has 0 atom stereocenters. The Bertz CT molecular complexity index is 1190. The number of nitrogens with one attached hydrogen (secondary N) is 1. The van der Waals surface area contributed by atoms with Crippen molar-refractivity contribution in [2.45, 2.75) is 12.6 Å². The zero-order valence-corrected chi connectivity index (χ0v) is 18.1. The topological polar surface area (TPSA) is 63.6 Å². The summed E-state index contributed by atoms with van der Waals surface area (Å²) < 4.78 is 49.2. The predicted molar refractivity (Wildman–Crippen MR) is 118 cm³/mol. The van der Waals surface area contributed by atoms with Gasteiger partial charge >= 0.3 is 6.18 Å². The molecular weight excluding hydrogens is 435 g/mol. The van der Waals surface area contributed by atoms with E-state index in [2.05, 4.69) is 5.32 Å². The third kappa shape index (κ3) is 5.03. The molecule has 1 aromatic heterocycles. The number of carbonyl (C=O) groups is 2. The van der Waals surface area contributed by atoms with E-state index in [1.165, 1.54) is 17.0 Å². The summed E-state index contributed by atoms with van der Waals surface area (Å²) in [4.78, 5) is 26.0. The van der Waals surface area contributed by atoms with Gasteiger partial charge in [-0.25, -0.2) is 0 Å². The third-order valence-corrected chi connectivity index (χ3v) is 5.74. The Balaban J connectivity index is 1.67. The lowest BCUT2D eigenvalue weighted by Crippen LogP contribution is -2.42. The number of aryl methyl sites for hydroxylation is 1. The maximum Gasteiger partial charge on any atom is 0.417 e. The molecule has 1 fully saturated rings. The van der Waals surface area contributed by atoms with E-state index >= 15 is 0 Å². The van der Waals surface area contributed by atoms with Crippen molar-refractivity contribution in [1.29, 1.82) is 0 Å². The van der Waals surface area contributed by atoms with Crippen molar-refractivity contribution >= 4 is 22.7 Å². The minimum absolute atomic E-state index is 0.0949. The van der Waals surface area contributed by atoms with Crippen molar-refractivity contribution < 1.29 is 27.5 Å². The molecule has 6 nitrogen and oxygen atoms in total. The molecule has 2 amide bonds. The summed E-state index contributed by atoms with van der Waals surface area (Å²) in [6, 6.07) is 11.1. The van der Waals surface area contributed by atoms with Crippen molar-refractivity contribution in [2.75, 3.05) is 32.8 Å². The van der Waals surface area contributed by atoms with Gasteiger partial charge in [0.25, 0.3) is 5.91 Å². The molecular formula is C24H24F3N3O3. The van der Waals surface area contributed by atoms with Crippen molar-refractivity contribution in [1.82, 2.24) is 14.8 Å². The molecule has 2 heterocycles. The summed E-state index contributed by atoms with van der Waals surface area (Å²) in [5.41, 5.74) is 0.574. The molecule has 0 aliphatic carbocycles. The van der Waals surface area contributed by atoms with E-state index in [1.807, 2.05) is 36.0 Å². The summed E-state index contributed by atoms with van der Waals surface area (Å²) in [5.74, 6) is -0.967. The van der Waals surface area contributed by atoms with Gasteiger partial charge < -0.3 is 19.5 Å². The monoisotopic (exact) mass is 459 g/mol. The van der Waals surface area contributed by atoms with Crippen LogP contribution in [0.25, 0.3) is 22.0 Å². The average molecular weight is 459 g/mol. The van der Waals surface area contributed by atoms with E-state index in [-0.39, 0.29) is 45.2 Å². The smallest absolute Gasteiger partial charge is 0.379 e. The molecule has 174 valence electrons. The highest BCUT2D eigenvalue weighted by Crippen LogP contribution is 2.36. The number of fused-ring (bicyclic) bond motifs is 1. The van der Waals surface area contributed by atoms with Crippen LogP contribution >= 0.6 is 0 Å². The maximum atomic E-state index is 14.0. The lowest BCUT2D eigenvalue weighted by molar-refractivity contribution is -0.138. The van der Waals surface area contributed by atoms with E-state index < -0.39 is 23.2 Å². The van der Waals surface area contributed by atoms with Gasteiger partial charge in [0.1, 0.15) is 0 Å². The Morgan fingerprint density at radius 3 is 2.58 bits per heavy atom. The molecule has 33 heavy (non-hydrogen) atoms. The maximum absolute atomic E-state index is 14.0. The first-order chi connectivity index (χ1) is 15.7. The van der Waals surface area contributed by atoms with Gasteiger partial charge in [-0.05, 0) is 41.5 Å². The lowest BCUT2D eigenvalue weighted by atomic mass is 9.97. The van der Waals surface area contributed by atoms with Crippen LogP contribution in [0.15, 0.2) is 48.7 Å². The van der Waals surface area contributed by atoms with E-state index in [0.29, 0.717) is 11.1 Å². The van der Waals surface area contributed by atoms with Gasteiger partial charge in [-0.3, -0.25) is 9.59 Å². The number of ether oxygens (including phenoxy) is 1. The molecule has 9 heteroatoms. The van der Waals surface area contributed by atoms with Gasteiger partial charge in [-0.1, -0.05) is 12.1 Å². The van der Waals surface area contributed by atoms with Crippen LogP contribution in [0.3, 0.4) is 0 Å². The fourth-order valence-electron chi connectivity index (χ4n) is 3.95. The Kier molecular flexibility index (Phi) is 6.42. The van der Waals surface area contributed by atoms with Gasteiger partial charge in [0.05, 0.1) is 24.3 Å². The Hall–Kier alpha value is -3.33. The molecule has 1 aliphatic heterocycles. The molecule has 0 spiro atoms. The number of alkyl halides is 3. The summed E-state index contributed by atoms with van der Waals surface area (Å²) >= 11 is 0. The second kappa shape index (κ2) is 9.27. The first-order valence-electron chi connectivity index (χ1n) is 10.6. The summed E-state index contributed by atoms with van der Waals surface area (Å²) in [7, 11) is 1.90. The minimum Gasteiger partial charge on any atom is -0.379 e. The van der Waals surface area contributed by atoms with Gasteiger partial charge in [-0.2, -0.15) is 13.2 Å². The molecule has 1 N–H and O–H groups in total. The van der Waals surface area contributed by atoms with Crippen LogP contribution in [0.5, 0.6) is 0 Å². The molecule has 2 aromatic carbocycles. The zero-order valence-electron chi connectivity index (χ0n) is 18.1. The van der Waals surface area contributed by atoms with Crippen molar-refractivity contribution in [3.8, 4) is 11.1 Å². The first-order valence-corrected chi connectivity index (χ1v) is 10.6. The number of rotatable bonds is 2. The number of halogens is 3. The molecule has 0 radical (unpaired) electrons. The molecule has 0 saturated carbocycles. The first kappa shape index (κ1) is 22.8. The third-order valence-electron chi connectivity index (χ3n) is 5.74. The quantitative estimate of drug-likeness (QED) is 0.634. The fourth-order valence-corrected chi connectivity index (χ4v) is 3.95. The highest BCUT2D eigenvalue weighted by molar-refractivity contribution is 5.97. The van der Waals surface area contributed by atoms with Crippen LogP contribution in [0.2, 0.25) is 0 Å². The lowest BCUT2D eigenvalue weighted by Gasteiger charge is -2.25. The van der Waals surface area contributed by atoms with Crippen LogP contribution in [0.1, 0.15) is 22.3 Å². The van der Waals surface area contributed by atoms with E-state index in [0.717, 1.165) is 17.0 Å². The van der Waals surface area contributed by atoms with Crippen LogP contribution in [-0.2, 0) is 22.8 Å². The van der Waals surface area contributed by atoms with E-state index in [1.54, 1.807) is 6.07 Å². The standard InChI is InChI=1S/C24H24F3N3O3/c1-29-9-6-18-14-16(3-5-21(18)29)17-2-4-19(20(15-17)24(25,26)27)23(32)30-10-8-28-22(31)7-12-33-13-11-30/h2-6,9,14-15H,7-8,10-13H2,1H3,(H,28,31). The van der Waals surface area contributed by atoms with Crippen LogP contribution < -0.4 is 5.32 Å². The molecule has 1 aliphatic rings. The normalized spacial score (nSPS) is 16.0. The van der Waals surface area contributed by atoms with Crippen LogP contribution in [0, 0.1) is 0 Å². The minimum atomic E-state index is -4.71. The van der Waals surface area contributed by atoms with Crippen molar-refractivity contribution in [3.63, 3.8) is 0 Å². The zero-order chi connectivity index (χ0) is 23.6. The number of aromatic nitrogens is 1. The number of nitrogens with zero attached hydrogens (tertiary/aromatic N) is 2. The fraction of sp³-hybridized carbons (Fsp3) is 0.333. The Labute approximate surface area is 188 Å². The van der Waals surface area contributed by atoms with Crippen LogP contribution in [-0.4, -0.2) is 54.1 Å². The van der Waals surface area contributed by atoms with Crippen molar-refractivity contribution in [3.05, 3.63) is 59.8 Å². The largest absolute Gasteiger partial charge is 0.417 e. The number of hydrogen-bond donors (Lipinski definition) is 1. The summed E-state index contributed by atoms with van der Waals surface area (Å²) in [6.07, 6.45) is -2.61. The second-order valence-electron chi connectivity index (χ2n) is 7.96. The molecule has 0 unspecified atom stereocenters. The van der Waals surface area contributed by atoms with Crippen molar-refractivity contribution in [2.24, 2.45) is 7.05 Å². The number of benzene rings is 2. The molecule has 0 bridgehead atoms. The van der Waals surface area contributed by atoms with E-state index in [4.69, 9.17) is 4.74 Å². The highest BCUT2D eigenvalue weighted by Gasteiger charge is 2.36. The van der Waals surface area contributed by atoms with Gasteiger partial charge in [0.2, 0.25) is 5.91 Å². The summed E-state index contributed by atoms with van der Waals surface area (Å²) in [5, 5.41) is 3.56. The molecule has 4 rings (SSSR count). The number of amides is 2. The Morgan fingerprint density at radius 2 is 1.79 bits per heavy atom. The molecule has 3 aromatic rings. The van der Waals surface area contributed by atoms with Gasteiger partial charge in [0.15, 0.2) is 0 Å². The van der Waals surface area contributed by atoms with E-state index in [9.17, 15) is 22.8 Å². The SMILES string of the molecule is Cn1ccc2cc(-c3ccc(C(=O)N4CCNC(=O)CCOCC4)c(C(F)(F)F)c3)ccc21. The second-order valence-corrected chi connectivity index (χ2v) is 7.96. The molecule has 1 saturated heterocycles. The summed E-state index contributed by atoms with van der Waals surface area (Å²) in [6.45, 7) is 0.745.